The fourth-order valence-corrected chi connectivity index (χ4v) is 8.92. The number of carbonyl (C=O) groups is 1. The number of sulfonamides is 1. The summed E-state index contributed by atoms with van der Waals surface area (Å²) < 4.78 is 122. The van der Waals surface area contributed by atoms with Gasteiger partial charge >= 0.3 is 6.09 Å². The fourth-order valence-electron chi connectivity index (χ4n) is 7.07. The maximum atomic E-state index is 14.6. The number of rotatable bonds is 14. The summed E-state index contributed by atoms with van der Waals surface area (Å²) in [6.07, 6.45) is -4.75. The molecular weight excluding hydrogens is 830 g/mol. The third-order valence-corrected chi connectivity index (χ3v) is 12.5. The van der Waals surface area contributed by atoms with Crippen LogP contribution in [0.2, 0.25) is 5.02 Å². The van der Waals surface area contributed by atoms with Crippen LogP contribution in [-0.4, -0.2) is 57.2 Å². The van der Waals surface area contributed by atoms with Crippen LogP contribution >= 0.6 is 11.6 Å². The molecule has 1 fully saturated rings. The molecular formula is C39H33ClF6N6O6S. The van der Waals surface area contributed by atoms with Crippen molar-refractivity contribution in [2.24, 2.45) is 0 Å². The molecule has 1 atom stereocenters. The van der Waals surface area contributed by atoms with E-state index in [0.717, 1.165) is 39.6 Å². The van der Waals surface area contributed by atoms with Crippen molar-refractivity contribution in [3.05, 3.63) is 122 Å². The van der Waals surface area contributed by atoms with Gasteiger partial charge in [-0.05, 0) is 78.9 Å². The van der Waals surface area contributed by atoms with E-state index in [9.17, 15) is 49.5 Å². The molecule has 4 aromatic carbocycles. The van der Waals surface area contributed by atoms with E-state index in [4.69, 9.17) is 16.3 Å². The Balaban J connectivity index is 1.45. The van der Waals surface area contributed by atoms with Crippen molar-refractivity contribution in [3.63, 3.8) is 0 Å². The molecule has 2 heterocycles. The Hall–Kier alpha value is -5.82. The molecule has 3 N–H and O–H groups in total. The van der Waals surface area contributed by atoms with Crippen LogP contribution in [0.25, 0.3) is 27.5 Å². The second-order valence-electron chi connectivity index (χ2n) is 14.2. The number of benzene rings is 4. The summed E-state index contributed by atoms with van der Waals surface area (Å²) in [7, 11) is -2.84. The maximum absolute atomic E-state index is 14.6. The van der Waals surface area contributed by atoms with Crippen molar-refractivity contribution in [1.29, 1.82) is 0 Å². The quantitative estimate of drug-likeness (QED) is 0.0928. The van der Waals surface area contributed by atoms with Gasteiger partial charge in [0.15, 0.2) is 5.82 Å². The molecule has 2 aromatic heterocycles. The Morgan fingerprint density at radius 1 is 1.02 bits per heavy atom. The van der Waals surface area contributed by atoms with Gasteiger partial charge in [-0.2, -0.15) is 5.10 Å². The monoisotopic (exact) mass is 862 g/mol. The molecule has 0 radical (unpaired) electrons. The summed E-state index contributed by atoms with van der Waals surface area (Å²) in [6, 6.07) is 12.9. The summed E-state index contributed by atoms with van der Waals surface area (Å²) >= 11 is 6.67. The number of carboxylic acid groups (broad SMARTS) is 1. The molecule has 0 aliphatic heterocycles. The SMILES string of the molecule is COc1ccc(CC2(S(=O)(=O)Nc3nn(CC(F)F)c4c(-n5c([C@H](Cc6cc(F)cc(F)c6)NC(=O)O)nc6cc(C(C)(F)F)ccc6c5=O)ccc(Cl)c34)CC2)cc1. The molecule has 0 bridgehead atoms. The smallest absolute Gasteiger partial charge is 0.405 e. The van der Waals surface area contributed by atoms with Crippen LogP contribution in [0.4, 0.5) is 37.0 Å². The van der Waals surface area contributed by atoms with Crippen LogP contribution < -0.4 is 20.3 Å². The molecule has 0 saturated heterocycles. The number of aromatic nitrogens is 4. The highest BCUT2D eigenvalue weighted by molar-refractivity contribution is 7.94. The molecule has 12 nitrogen and oxygen atoms in total. The molecule has 7 rings (SSSR count). The Labute approximate surface area is 336 Å². The van der Waals surface area contributed by atoms with Crippen LogP contribution in [0.1, 0.15) is 48.3 Å². The summed E-state index contributed by atoms with van der Waals surface area (Å²) in [6.45, 7) is -0.546. The van der Waals surface area contributed by atoms with Crippen molar-refractivity contribution in [2.75, 3.05) is 11.8 Å². The molecule has 310 valence electrons. The van der Waals surface area contributed by atoms with Crippen molar-refractivity contribution >= 4 is 55.3 Å². The van der Waals surface area contributed by atoms with E-state index in [1.54, 1.807) is 24.3 Å². The predicted octanol–water partition coefficient (Wildman–Crippen LogP) is 8.12. The normalized spacial score (nSPS) is 14.5. The van der Waals surface area contributed by atoms with Gasteiger partial charge in [0.2, 0.25) is 10.0 Å². The van der Waals surface area contributed by atoms with Crippen molar-refractivity contribution in [1.82, 2.24) is 24.6 Å². The highest BCUT2D eigenvalue weighted by Gasteiger charge is 2.55. The third-order valence-electron chi connectivity index (χ3n) is 10.0. The minimum Gasteiger partial charge on any atom is -0.497 e. The lowest BCUT2D eigenvalue weighted by atomic mass is 10.0. The number of alkyl halides is 4. The van der Waals surface area contributed by atoms with Crippen LogP contribution in [0.15, 0.2) is 77.6 Å². The summed E-state index contributed by atoms with van der Waals surface area (Å²) in [5, 5.41) is 15.6. The average Bonchev–Trinajstić information content (AvgIpc) is 3.86. The number of nitrogens with zero attached hydrogens (tertiary/aromatic N) is 4. The van der Waals surface area contributed by atoms with Gasteiger partial charge in [0.25, 0.3) is 17.9 Å². The second kappa shape index (κ2) is 15.4. The van der Waals surface area contributed by atoms with E-state index in [2.05, 4.69) is 20.1 Å². The van der Waals surface area contributed by atoms with Crippen molar-refractivity contribution in [2.45, 2.75) is 62.3 Å². The summed E-state index contributed by atoms with van der Waals surface area (Å²) in [5.41, 5.74) is -1.94. The number of anilines is 1. The van der Waals surface area contributed by atoms with Gasteiger partial charge < -0.3 is 15.2 Å². The van der Waals surface area contributed by atoms with E-state index in [1.807, 2.05) is 0 Å². The van der Waals surface area contributed by atoms with E-state index < -0.39 is 86.6 Å². The maximum Gasteiger partial charge on any atom is 0.405 e. The van der Waals surface area contributed by atoms with Crippen LogP contribution in [-0.2, 0) is 35.3 Å². The molecule has 20 heteroatoms. The number of halogens is 7. The van der Waals surface area contributed by atoms with E-state index in [0.29, 0.717) is 24.3 Å². The van der Waals surface area contributed by atoms with E-state index in [-0.39, 0.29) is 57.3 Å². The first-order valence-corrected chi connectivity index (χ1v) is 19.7. The van der Waals surface area contributed by atoms with Gasteiger partial charge in [-0.3, -0.25) is 18.8 Å². The number of amides is 1. The van der Waals surface area contributed by atoms with Gasteiger partial charge in [-0.15, -0.1) is 0 Å². The third kappa shape index (κ3) is 8.25. The molecule has 1 amide bonds. The number of fused-ring (bicyclic) bond motifs is 2. The van der Waals surface area contributed by atoms with Crippen LogP contribution in [0, 0.1) is 11.6 Å². The molecule has 0 spiro atoms. The lowest BCUT2D eigenvalue weighted by molar-refractivity contribution is 0.0176. The number of ether oxygens (including phenoxy) is 1. The van der Waals surface area contributed by atoms with Crippen molar-refractivity contribution in [3.8, 4) is 11.4 Å². The lowest BCUT2D eigenvalue weighted by Gasteiger charge is -2.23. The first-order chi connectivity index (χ1) is 27.8. The summed E-state index contributed by atoms with van der Waals surface area (Å²) in [4.78, 5) is 31.3. The predicted molar refractivity (Wildman–Crippen MR) is 206 cm³/mol. The zero-order chi connectivity index (χ0) is 42.6. The van der Waals surface area contributed by atoms with Gasteiger partial charge in [-0.25, -0.2) is 44.5 Å². The Morgan fingerprint density at radius 2 is 1.69 bits per heavy atom. The first kappa shape index (κ1) is 41.3. The highest BCUT2D eigenvalue weighted by atomic mass is 35.5. The zero-order valence-corrected chi connectivity index (χ0v) is 32.5. The standard InChI is InChI=1S/C39H33ClF6N6O6S/c1-38(45,46)22-5-8-26-28(16-22)47-35(29(48-37(54)55)15-21-13-23(41)17-24(42)14-21)52(36(26)53)30-10-9-27(40)32-33(30)51(19-31(43)44)49-34(32)50-59(56,57)39(11-12-39)18-20-3-6-25(58-2)7-4-20/h3-10,13-14,16-17,29,31,48H,11-12,15,18-19H2,1-2H3,(H,49,50)(H,54,55)/t29-/m0/s1. The topological polar surface area (TPSA) is 157 Å². The molecule has 1 aliphatic rings. The highest BCUT2D eigenvalue weighted by Crippen LogP contribution is 2.48. The van der Waals surface area contributed by atoms with E-state index >= 15 is 0 Å². The van der Waals surface area contributed by atoms with E-state index in [1.165, 1.54) is 19.2 Å². The van der Waals surface area contributed by atoms with Gasteiger partial charge in [0.05, 0.1) is 50.4 Å². The second-order valence-corrected chi connectivity index (χ2v) is 16.7. The number of hydrogen-bond donors (Lipinski definition) is 3. The lowest BCUT2D eigenvalue weighted by Crippen LogP contribution is -2.35. The van der Waals surface area contributed by atoms with Crippen LogP contribution in [0.3, 0.4) is 0 Å². The number of hydrogen-bond acceptors (Lipinski definition) is 7. The molecule has 0 unspecified atom stereocenters. The minimum absolute atomic E-state index is 0.0847. The molecule has 1 aliphatic carbocycles. The largest absolute Gasteiger partial charge is 0.497 e. The number of methoxy groups -OCH3 is 1. The van der Waals surface area contributed by atoms with Gasteiger partial charge in [0, 0.05) is 25.0 Å². The first-order valence-electron chi connectivity index (χ1n) is 17.8. The zero-order valence-electron chi connectivity index (χ0n) is 30.9. The molecule has 1 saturated carbocycles. The Bertz CT molecular complexity index is 2770. The van der Waals surface area contributed by atoms with Crippen LogP contribution in [0.5, 0.6) is 5.75 Å². The number of nitrogens with one attached hydrogen (secondary N) is 2. The Morgan fingerprint density at radius 3 is 2.29 bits per heavy atom. The fraction of sp³-hybridized carbons (Fsp3) is 0.282. The molecule has 6 aromatic rings. The Kier molecular flexibility index (Phi) is 10.8. The van der Waals surface area contributed by atoms with Gasteiger partial charge in [0.1, 0.15) is 29.8 Å². The molecule has 59 heavy (non-hydrogen) atoms. The minimum atomic E-state index is -4.33. The van der Waals surface area contributed by atoms with Gasteiger partial charge in [-0.1, -0.05) is 29.8 Å². The summed E-state index contributed by atoms with van der Waals surface area (Å²) in [5.74, 6) is -5.86. The van der Waals surface area contributed by atoms with Crippen molar-refractivity contribution < 1.29 is 49.4 Å². The average molecular weight is 863 g/mol.